The second kappa shape index (κ2) is 8.55. The minimum atomic E-state index is 0.797. The minimum absolute atomic E-state index is 0.797. The Bertz CT molecular complexity index is 2740. The van der Waals surface area contributed by atoms with Crippen LogP contribution in [-0.2, 0) is 0 Å². The van der Waals surface area contributed by atoms with Crippen molar-refractivity contribution in [2.24, 2.45) is 0 Å². The topological polar surface area (TPSA) is 87.7 Å². The highest BCUT2D eigenvalue weighted by atomic mass is 16.3. The van der Waals surface area contributed by atoms with Gasteiger partial charge in [-0.05, 0) is 48.5 Å². The second-order valence-corrected chi connectivity index (χ2v) is 11.6. The molecular formula is C38H20N6O2. The molecule has 0 atom stereocenters. The zero-order valence-corrected chi connectivity index (χ0v) is 24.0. The van der Waals surface area contributed by atoms with E-state index in [1.165, 1.54) is 0 Å². The summed E-state index contributed by atoms with van der Waals surface area (Å²) >= 11 is 0. The quantitative estimate of drug-likeness (QED) is 0.199. The van der Waals surface area contributed by atoms with Gasteiger partial charge in [0.25, 0.3) is 0 Å². The van der Waals surface area contributed by atoms with E-state index in [4.69, 9.17) is 8.83 Å². The number of hydrogen-bond acceptors (Lipinski definition) is 6. The van der Waals surface area contributed by atoms with E-state index in [2.05, 4.69) is 77.6 Å². The number of fused-ring (bicyclic) bond motifs is 12. The lowest BCUT2D eigenvalue weighted by Crippen LogP contribution is -1.94. The van der Waals surface area contributed by atoms with Crippen LogP contribution in [0.25, 0.3) is 98.9 Å². The molecule has 0 radical (unpaired) electrons. The molecule has 0 N–H and O–H groups in total. The van der Waals surface area contributed by atoms with Gasteiger partial charge in [-0.3, -0.25) is 19.9 Å². The molecule has 0 aliphatic carbocycles. The molecule has 0 spiro atoms. The summed E-state index contributed by atoms with van der Waals surface area (Å²) in [7, 11) is 0. The Hall–Kier alpha value is -6.54. The van der Waals surface area contributed by atoms with E-state index in [0.717, 1.165) is 98.9 Å². The van der Waals surface area contributed by atoms with Crippen LogP contribution in [0.2, 0.25) is 0 Å². The molecule has 8 heterocycles. The molecule has 8 nitrogen and oxygen atoms in total. The molecule has 0 bridgehead atoms. The van der Waals surface area contributed by atoms with Crippen molar-refractivity contribution in [3.8, 4) is 11.4 Å². The maximum Gasteiger partial charge on any atom is 0.159 e. The lowest BCUT2D eigenvalue weighted by Gasteiger charge is -2.07. The molecule has 214 valence electrons. The predicted molar refractivity (Wildman–Crippen MR) is 181 cm³/mol. The van der Waals surface area contributed by atoms with Crippen molar-refractivity contribution in [3.63, 3.8) is 0 Å². The van der Waals surface area contributed by atoms with Crippen LogP contribution >= 0.6 is 0 Å². The molecule has 0 saturated carbocycles. The van der Waals surface area contributed by atoms with E-state index in [1.54, 1.807) is 0 Å². The highest BCUT2D eigenvalue weighted by molar-refractivity contribution is 6.18. The van der Waals surface area contributed by atoms with Crippen LogP contribution in [0, 0.1) is 0 Å². The summed E-state index contributed by atoms with van der Waals surface area (Å²) in [6.45, 7) is 0. The number of rotatable bonds is 2. The Labute approximate surface area is 258 Å². The molecule has 11 rings (SSSR count). The van der Waals surface area contributed by atoms with Crippen molar-refractivity contribution in [1.29, 1.82) is 0 Å². The van der Waals surface area contributed by atoms with Crippen molar-refractivity contribution in [3.05, 3.63) is 122 Å². The maximum atomic E-state index is 6.72. The molecule has 46 heavy (non-hydrogen) atoms. The standard InChI is InChI=1S/C38H20N6O2/c1-3-25-27-15-36-28(16-35(27)45-37(25)29(5-1)43-31-17-39-11-7-21(31)22-8-12-40-18-32(22)43)26-4-2-6-30(38(26)46-36)44-33-19-41-13-9-23(33)24-10-14-42-20-34(24)44/h1-20H. The molecule has 0 unspecified atom stereocenters. The average Bonchev–Trinajstić information content (AvgIpc) is 3.85. The smallest absolute Gasteiger partial charge is 0.159 e. The van der Waals surface area contributed by atoms with Crippen LogP contribution in [0.5, 0.6) is 0 Å². The summed E-state index contributed by atoms with van der Waals surface area (Å²) in [5.74, 6) is 0. The SMILES string of the molecule is c1cc(-n2c3cnccc3c3ccncc32)c2oc3cc4c(cc3c2c1)oc1c(-n2c3cnccc3c3ccncc32)cccc14. The third kappa shape index (κ3) is 2.97. The van der Waals surface area contributed by atoms with Crippen molar-refractivity contribution in [1.82, 2.24) is 29.1 Å². The van der Waals surface area contributed by atoms with Crippen LogP contribution in [0.1, 0.15) is 0 Å². The lowest BCUT2D eigenvalue weighted by atomic mass is 10.1. The Kier molecular flexibility index (Phi) is 4.43. The highest BCUT2D eigenvalue weighted by Crippen LogP contribution is 2.42. The van der Waals surface area contributed by atoms with Gasteiger partial charge in [0.1, 0.15) is 11.2 Å². The summed E-state index contributed by atoms with van der Waals surface area (Å²) in [5, 5.41) is 8.49. The zero-order chi connectivity index (χ0) is 29.9. The first kappa shape index (κ1) is 23.9. The van der Waals surface area contributed by atoms with E-state index >= 15 is 0 Å². The van der Waals surface area contributed by atoms with Gasteiger partial charge in [0.05, 0.1) is 58.2 Å². The Morgan fingerprint density at radius 3 is 1.13 bits per heavy atom. The van der Waals surface area contributed by atoms with Gasteiger partial charge < -0.3 is 18.0 Å². The Morgan fingerprint density at radius 2 is 0.761 bits per heavy atom. The van der Waals surface area contributed by atoms with E-state index < -0.39 is 0 Å². The van der Waals surface area contributed by atoms with Gasteiger partial charge in [-0.1, -0.05) is 24.3 Å². The van der Waals surface area contributed by atoms with Crippen LogP contribution in [-0.4, -0.2) is 29.1 Å². The molecule has 0 fully saturated rings. The van der Waals surface area contributed by atoms with Crippen LogP contribution in [0.3, 0.4) is 0 Å². The van der Waals surface area contributed by atoms with Gasteiger partial charge in [-0.2, -0.15) is 0 Å². The summed E-state index contributed by atoms with van der Waals surface area (Å²) in [4.78, 5) is 17.8. The third-order valence-electron chi connectivity index (χ3n) is 9.30. The van der Waals surface area contributed by atoms with E-state index in [-0.39, 0.29) is 0 Å². The molecule has 8 heteroatoms. The zero-order valence-electron chi connectivity index (χ0n) is 24.0. The van der Waals surface area contributed by atoms with Gasteiger partial charge in [0, 0.05) is 67.9 Å². The predicted octanol–water partition coefficient (Wildman–Crippen LogP) is 9.26. The number of aromatic nitrogens is 6. The lowest BCUT2D eigenvalue weighted by molar-refractivity contribution is 0.661. The monoisotopic (exact) mass is 592 g/mol. The van der Waals surface area contributed by atoms with E-state index in [0.29, 0.717) is 0 Å². The molecule has 8 aromatic heterocycles. The Balaban J connectivity index is 1.18. The number of para-hydroxylation sites is 2. The van der Waals surface area contributed by atoms with Crippen LogP contribution < -0.4 is 0 Å². The summed E-state index contributed by atoms with van der Waals surface area (Å²) in [6, 6.07) is 24.9. The third-order valence-corrected chi connectivity index (χ3v) is 9.30. The highest BCUT2D eigenvalue weighted by Gasteiger charge is 2.21. The molecule has 0 saturated heterocycles. The van der Waals surface area contributed by atoms with Crippen molar-refractivity contribution >= 4 is 87.5 Å². The fourth-order valence-electron chi connectivity index (χ4n) is 7.36. The minimum Gasteiger partial charge on any atom is -0.454 e. The van der Waals surface area contributed by atoms with Gasteiger partial charge in [-0.25, -0.2) is 0 Å². The average molecular weight is 593 g/mol. The number of hydrogen-bond donors (Lipinski definition) is 0. The fraction of sp³-hybridized carbons (Fsp3) is 0. The summed E-state index contributed by atoms with van der Waals surface area (Å²) in [6.07, 6.45) is 14.9. The van der Waals surface area contributed by atoms with Gasteiger partial charge in [0.2, 0.25) is 0 Å². The molecular weight excluding hydrogens is 572 g/mol. The van der Waals surface area contributed by atoms with E-state index in [1.807, 2.05) is 73.8 Å². The van der Waals surface area contributed by atoms with Crippen LogP contribution in [0.4, 0.5) is 0 Å². The molecule has 11 aromatic rings. The largest absolute Gasteiger partial charge is 0.454 e. The first-order valence-electron chi connectivity index (χ1n) is 15.0. The van der Waals surface area contributed by atoms with Gasteiger partial charge in [0.15, 0.2) is 11.2 Å². The molecule has 0 amide bonds. The van der Waals surface area contributed by atoms with Crippen LogP contribution in [0.15, 0.2) is 131 Å². The fourth-order valence-corrected chi connectivity index (χ4v) is 7.36. The molecule has 3 aromatic carbocycles. The van der Waals surface area contributed by atoms with Gasteiger partial charge >= 0.3 is 0 Å². The normalized spacial score (nSPS) is 12.3. The number of pyridine rings is 4. The van der Waals surface area contributed by atoms with Crippen molar-refractivity contribution < 1.29 is 8.83 Å². The number of benzene rings is 3. The maximum absolute atomic E-state index is 6.72. The Morgan fingerprint density at radius 1 is 0.391 bits per heavy atom. The molecule has 0 aliphatic rings. The van der Waals surface area contributed by atoms with Crippen molar-refractivity contribution in [2.45, 2.75) is 0 Å². The van der Waals surface area contributed by atoms with E-state index in [9.17, 15) is 0 Å². The summed E-state index contributed by atoms with van der Waals surface area (Å²) < 4.78 is 17.8. The number of furan rings is 2. The van der Waals surface area contributed by atoms with Crippen molar-refractivity contribution in [2.75, 3.05) is 0 Å². The molecule has 0 aliphatic heterocycles. The summed E-state index contributed by atoms with van der Waals surface area (Å²) in [5.41, 5.74) is 9.07. The first-order valence-corrected chi connectivity index (χ1v) is 15.0. The number of nitrogens with zero attached hydrogens (tertiary/aromatic N) is 6. The van der Waals surface area contributed by atoms with Gasteiger partial charge in [-0.15, -0.1) is 0 Å². The second-order valence-electron chi connectivity index (χ2n) is 11.6. The first-order chi connectivity index (χ1) is 22.8.